The van der Waals surface area contributed by atoms with Crippen LogP contribution < -0.4 is 24.4 Å². The summed E-state index contributed by atoms with van der Waals surface area (Å²) in [6, 6.07) is 9.33. The van der Waals surface area contributed by atoms with E-state index in [2.05, 4.69) is 21.8 Å². The van der Waals surface area contributed by atoms with Crippen LogP contribution in [0, 0.1) is 0 Å². The number of piperazine rings is 1. The van der Waals surface area contributed by atoms with Crippen LogP contribution in [0.2, 0.25) is 10.0 Å². The van der Waals surface area contributed by atoms with E-state index in [-0.39, 0.29) is 17.4 Å². The lowest BCUT2D eigenvalue weighted by molar-refractivity contribution is -0.132. The molecule has 1 aliphatic carbocycles. The topological polar surface area (TPSA) is 111 Å². The van der Waals surface area contributed by atoms with Gasteiger partial charge in [-0.05, 0) is 37.1 Å². The first-order chi connectivity index (χ1) is 23.6. The molecule has 2 fully saturated rings. The maximum absolute atomic E-state index is 12.7. The van der Waals surface area contributed by atoms with Crippen molar-refractivity contribution in [2.75, 3.05) is 51.2 Å². The highest BCUT2D eigenvalue weighted by molar-refractivity contribution is 6.41. The third-order valence-electron chi connectivity index (χ3n) is 9.43. The summed E-state index contributed by atoms with van der Waals surface area (Å²) in [6.45, 7) is 7.15. The van der Waals surface area contributed by atoms with Crippen LogP contribution in [0.15, 0.2) is 61.6 Å². The van der Waals surface area contributed by atoms with Gasteiger partial charge in [0.2, 0.25) is 11.8 Å². The Morgan fingerprint density at radius 2 is 1.65 bits per heavy atom. The van der Waals surface area contributed by atoms with E-state index in [0.717, 1.165) is 29.4 Å². The molecule has 7 rings (SSSR count). The second kappa shape index (κ2) is 12.5. The van der Waals surface area contributed by atoms with Crippen LogP contribution in [0.3, 0.4) is 0 Å². The number of ether oxygens (including phenoxy) is 3. The maximum atomic E-state index is 12.7. The van der Waals surface area contributed by atoms with Crippen molar-refractivity contribution in [1.29, 1.82) is 0 Å². The number of aromatic nitrogens is 3. The van der Waals surface area contributed by atoms with Crippen LogP contribution in [0.4, 0.5) is 11.4 Å². The number of anilines is 2. The summed E-state index contributed by atoms with van der Waals surface area (Å²) >= 11 is 13.6. The molecule has 0 radical (unpaired) electrons. The van der Waals surface area contributed by atoms with Crippen LogP contribution in [0.1, 0.15) is 19.8 Å². The van der Waals surface area contributed by atoms with Gasteiger partial charge in [0.05, 0.1) is 59.5 Å². The quantitative estimate of drug-likeness (QED) is 0.175. The smallest absolute Gasteiger partial charge is 0.247 e. The monoisotopic (exact) mass is 700 g/mol. The number of amides is 2. The summed E-state index contributed by atoms with van der Waals surface area (Å²) in [4.78, 5) is 38.7. The van der Waals surface area contributed by atoms with Gasteiger partial charge >= 0.3 is 0 Å². The number of carbonyl (C=O) groups excluding carboxylic acids is 2. The van der Waals surface area contributed by atoms with Crippen LogP contribution >= 0.6 is 23.2 Å². The highest BCUT2D eigenvalue weighted by Gasteiger charge is 2.52. The van der Waals surface area contributed by atoms with Crippen molar-refractivity contribution in [3.8, 4) is 39.6 Å². The number of nitrogens with zero attached hydrogens (tertiary/aromatic N) is 5. The zero-order valence-corrected chi connectivity index (χ0v) is 29.0. The third kappa shape index (κ3) is 5.47. The zero-order valence-electron chi connectivity index (χ0n) is 27.5. The molecule has 49 heavy (non-hydrogen) atoms. The van der Waals surface area contributed by atoms with Gasteiger partial charge < -0.3 is 29.3 Å². The van der Waals surface area contributed by atoms with Crippen molar-refractivity contribution in [3.63, 3.8) is 0 Å². The summed E-state index contributed by atoms with van der Waals surface area (Å²) in [5, 5.41) is 4.45. The Balaban J connectivity index is 1.36. The second-order valence-corrected chi connectivity index (χ2v) is 12.9. The molecule has 5 aromatic rings. The van der Waals surface area contributed by atoms with E-state index >= 15 is 0 Å². The first kappa shape index (κ1) is 32.5. The highest BCUT2D eigenvalue weighted by Crippen LogP contribution is 2.49. The second-order valence-electron chi connectivity index (χ2n) is 12.2. The number of fused-ring (bicyclic) bond motifs is 3. The number of methoxy groups -OCH3 is 3. The van der Waals surface area contributed by atoms with Gasteiger partial charge in [0, 0.05) is 79.4 Å². The lowest BCUT2D eigenvalue weighted by Crippen LogP contribution is -2.56. The van der Waals surface area contributed by atoms with Crippen LogP contribution in [-0.2, 0) is 9.59 Å². The van der Waals surface area contributed by atoms with Gasteiger partial charge in [-0.3, -0.25) is 19.0 Å². The van der Waals surface area contributed by atoms with E-state index in [1.54, 1.807) is 32.5 Å². The number of hydrogen-bond acceptors (Lipinski definition) is 8. The van der Waals surface area contributed by atoms with Gasteiger partial charge in [-0.25, -0.2) is 4.98 Å². The first-order valence-electron chi connectivity index (χ1n) is 15.7. The van der Waals surface area contributed by atoms with Crippen molar-refractivity contribution >= 4 is 62.9 Å². The number of carbonyl (C=O) groups is 2. The number of benzene rings is 2. The summed E-state index contributed by atoms with van der Waals surface area (Å²) in [6.07, 6.45) is 8.45. The standard InChI is InChI=1S/C36H34Cl2N6O5/c1-6-31(46)41-25-14-22(28(47-3)16-27(25)42-11-12-44(20(2)45)36(19-42)7-8-36)24-15-26-21(18-40-24)13-23(35-39-9-10-43(26)35)32-33(37)29(48-4)17-30(49-5)34(32)38/h6,9-10,13-18H,1,7-8,11-12,19H2,2-5H3,(H,41,46). The number of halogens is 2. The first-order valence-corrected chi connectivity index (χ1v) is 16.4. The van der Waals surface area contributed by atoms with Crippen LogP contribution in [0.5, 0.6) is 17.2 Å². The fourth-order valence-corrected chi connectivity index (χ4v) is 7.58. The van der Waals surface area contributed by atoms with Crippen molar-refractivity contribution in [2.45, 2.75) is 25.3 Å². The molecule has 1 N–H and O–H groups in total. The van der Waals surface area contributed by atoms with Crippen LogP contribution in [0.25, 0.3) is 38.9 Å². The van der Waals surface area contributed by atoms with Crippen molar-refractivity contribution < 1.29 is 23.8 Å². The predicted octanol–water partition coefficient (Wildman–Crippen LogP) is 6.87. The van der Waals surface area contributed by atoms with Gasteiger partial charge in [-0.1, -0.05) is 29.8 Å². The molecular weight excluding hydrogens is 667 g/mol. The number of nitrogens with one attached hydrogen (secondary N) is 1. The maximum Gasteiger partial charge on any atom is 0.247 e. The van der Waals surface area contributed by atoms with Gasteiger partial charge in [0.25, 0.3) is 0 Å². The Hall–Kier alpha value is -5.00. The molecule has 0 bridgehead atoms. The lowest BCUT2D eigenvalue weighted by Gasteiger charge is -2.43. The van der Waals surface area contributed by atoms with Crippen molar-refractivity contribution in [3.05, 3.63) is 71.6 Å². The molecule has 1 saturated carbocycles. The SMILES string of the molecule is C=CC(=O)Nc1cc(-c2cc3c(cn2)cc(-c2c(Cl)c(OC)cc(OC)c2Cl)c2nccn23)c(OC)cc1N1CCN(C(C)=O)C2(CC2)C1. The molecule has 1 aliphatic heterocycles. The molecule has 2 aromatic carbocycles. The molecule has 4 heterocycles. The van der Waals surface area contributed by atoms with E-state index in [1.165, 1.54) is 20.3 Å². The molecule has 0 unspecified atom stereocenters. The van der Waals surface area contributed by atoms with Gasteiger partial charge in [-0.2, -0.15) is 0 Å². The number of hydrogen-bond donors (Lipinski definition) is 1. The Bertz CT molecular complexity index is 2150. The molecule has 1 saturated heterocycles. The average Bonchev–Trinajstić information content (AvgIpc) is 3.66. The predicted molar refractivity (Wildman–Crippen MR) is 191 cm³/mol. The molecule has 252 valence electrons. The minimum atomic E-state index is -0.341. The Kier molecular flexibility index (Phi) is 8.28. The van der Waals surface area contributed by atoms with Crippen LogP contribution in [-0.4, -0.2) is 77.6 Å². The Labute approximate surface area is 293 Å². The molecule has 11 nitrogen and oxygen atoms in total. The normalized spacial score (nSPS) is 15.1. The van der Waals surface area contributed by atoms with E-state index in [4.69, 9.17) is 42.4 Å². The largest absolute Gasteiger partial charge is 0.496 e. The molecule has 2 aliphatic rings. The highest BCUT2D eigenvalue weighted by atomic mass is 35.5. The summed E-state index contributed by atoms with van der Waals surface area (Å²) in [7, 11) is 4.67. The van der Waals surface area contributed by atoms with E-state index in [9.17, 15) is 9.59 Å². The molecule has 0 atom stereocenters. The molecule has 1 spiro atoms. The average molecular weight is 702 g/mol. The summed E-state index contributed by atoms with van der Waals surface area (Å²) < 4.78 is 18.9. The van der Waals surface area contributed by atoms with Crippen molar-refractivity contribution in [1.82, 2.24) is 19.3 Å². The minimum Gasteiger partial charge on any atom is -0.496 e. The molecule has 2 amide bonds. The fourth-order valence-electron chi connectivity index (χ4n) is 6.88. The molecule has 13 heteroatoms. The number of imidazole rings is 1. The van der Waals surface area contributed by atoms with Crippen molar-refractivity contribution in [2.24, 2.45) is 0 Å². The zero-order chi connectivity index (χ0) is 34.6. The Morgan fingerprint density at radius 1 is 0.939 bits per heavy atom. The summed E-state index contributed by atoms with van der Waals surface area (Å²) in [5.41, 5.74) is 5.14. The number of rotatable bonds is 8. The van der Waals surface area contributed by atoms with Gasteiger partial charge in [0.1, 0.15) is 22.9 Å². The van der Waals surface area contributed by atoms with E-state index < -0.39 is 0 Å². The van der Waals surface area contributed by atoms with E-state index in [1.807, 2.05) is 39.8 Å². The van der Waals surface area contributed by atoms with Gasteiger partial charge in [0.15, 0.2) is 0 Å². The number of pyridine rings is 2. The van der Waals surface area contributed by atoms with E-state index in [0.29, 0.717) is 80.6 Å². The molecular formula is C36H34Cl2N6O5. The molecule has 3 aromatic heterocycles. The summed E-state index contributed by atoms with van der Waals surface area (Å²) in [5.74, 6) is 1.16. The minimum absolute atomic E-state index is 0.0844. The lowest BCUT2D eigenvalue weighted by atomic mass is 10.0. The Morgan fingerprint density at radius 3 is 2.29 bits per heavy atom. The van der Waals surface area contributed by atoms with Gasteiger partial charge in [-0.15, -0.1) is 0 Å². The fraction of sp³-hybridized carbons (Fsp3) is 0.278. The third-order valence-corrected chi connectivity index (χ3v) is 10.2.